The third-order valence-corrected chi connectivity index (χ3v) is 6.16. The topological polar surface area (TPSA) is 78.5 Å². The van der Waals surface area contributed by atoms with Crippen LogP contribution < -0.4 is 10.6 Å². The maximum atomic E-state index is 13.1. The summed E-state index contributed by atoms with van der Waals surface area (Å²) in [5, 5.41) is 6.12. The van der Waals surface area contributed by atoms with Crippen LogP contribution in [0.3, 0.4) is 0 Å². The van der Waals surface area contributed by atoms with Gasteiger partial charge in [0.2, 0.25) is 11.8 Å². The lowest BCUT2D eigenvalue weighted by molar-refractivity contribution is -0.135. The first-order chi connectivity index (χ1) is 14.5. The van der Waals surface area contributed by atoms with Crippen molar-refractivity contribution in [1.82, 2.24) is 15.5 Å². The third kappa shape index (κ3) is 5.94. The minimum Gasteiger partial charge on any atom is -0.351 e. The Hall–Kier alpha value is -2.15. The number of hydrogen-bond acceptors (Lipinski definition) is 3. The van der Waals surface area contributed by atoms with Crippen molar-refractivity contribution in [2.75, 3.05) is 19.0 Å². The van der Waals surface area contributed by atoms with Crippen molar-refractivity contribution in [3.05, 3.63) is 35.6 Å². The fraction of sp³-hybridized carbons (Fsp3) is 0.591. The Bertz CT molecular complexity index is 758. The van der Waals surface area contributed by atoms with Crippen LogP contribution in [0.5, 0.6) is 0 Å². The number of rotatable bonds is 6. The lowest BCUT2D eigenvalue weighted by Gasteiger charge is -2.36. The highest BCUT2D eigenvalue weighted by Crippen LogP contribution is 2.22. The second-order valence-corrected chi connectivity index (χ2v) is 8.48. The molecule has 2 aliphatic rings. The van der Waals surface area contributed by atoms with Gasteiger partial charge in [0.1, 0.15) is 5.82 Å². The first-order valence-corrected chi connectivity index (χ1v) is 11.2. The molecule has 1 aliphatic carbocycles. The summed E-state index contributed by atoms with van der Waals surface area (Å²) in [7, 11) is 0. The third-order valence-electron chi connectivity index (χ3n) is 5.97. The molecule has 0 spiro atoms. The van der Waals surface area contributed by atoms with Crippen molar-refractivity contribution < 1.29 is 18.8 Å². The van der Waals surface area contributed by atoms with Gasteiger partial charge in [-0.05, 0) is 49.9 Å². The van der Waals surface area contributed by atoms with E-state index in [2.05, 4.69) is 10.6 Å². The number of benzene rings is 1. The van der Waals surface area contributed by atoms with Crippen molar-refractivity contribution in [2.24, 2.45) is 5.92 Å². The van der Waals surface area contributed by atoms with E-state index in [9.17, 15) is 18.8 Å². The molecule has 164 valence electrons. The molecule has 1 aromatic carbocycles. The van der Waals surface area contributed by atoms with Crippen molar-refractivity contribution in [3.63, 3.8) is 0 Å². The lowest BCUT2D eigenvalue weighted by Crippen LogP contribution is -2.55. The smallest absolute Gasteiger partial charge is 0.251 e. The molecule has 1 saturated heterocycles. The van der Waals surface area contributed by atoms with Crippen LogP contribution >= 0.6 is 11.6 Å². The summed E-state index contributed by atoms with van der Waals surface area (Å²) in [6.45, 7) is 1.08. The molecule has 8 heteroatoms. The van der Waals surface area contributed by atoms with Gasteiger partial charge in [-0.2, -0.15) is 0 Å². The number of likely N-dealkylation sites (tertiary alicyclic amines) is 1. The normalized spacial score (nSPS) is 24.2. The average Bonchev–Trinajstić information content (AvgIpc) is 2.75. The first-order valence-electron chi connectivity index (χ1n) is 10.7. The number of carbonyl (C=O) groups excluding carboxylic acids is 3. The van der Waals surface area contributed by atoms with E-state index in [1.54, 1.807) is 4.90 Å². The molecule has 0 radical (unpaired) electrons. The van der Waals surface area contributed by atoms with Gasteiger partial charge in [-0.1, -0.05) is 12.8 Å². The number of alkyl halides is 1. The zero-order valence-electron chi connectivity index (χ0n) is 17.0. The zero-order valence-corrected chi connectivity index (χ0v) is 17.8. The SMILES string of the molecule is O=C(N[C@@H]1CCCCC1NC(=O)C1CCCN(C(=O)CCCl)C1)c1ccc(F)cc1. The largest absolute Gasteiger partial charge is 0.351 e. The molecular weight excluding hydrogens is 409 g/mol. The molecule has 1 aliphatic heterocycles. The Balaban J connectivity index is 1.58. The molecule has 1 saturated carbocycles. The van der Waals surface area contributed by atoms with Crippen LogP contribution in [0.15, 0.2) is 24.3 Å². The Morgan fingerprint density at radius 3 is 2.33 bits per heavy atom. The van der Waals surface area contributed by atoms with Crippen molar-refractivity contribution in [3.8, 4) is 0 Å². The number of halogens is 2. The Morgan fingerprint density at radius 2 is 1.67 bits per heavy atom. The summed E-state index contributed by atoms with van der Waals surface area (Å²) in [6, 6.07) is 5.11. The number of piperidine rings is 1. The molecule has 0 aromatic heterocycles. The fourth-order valence-corrected chi connectivity index (χ4v) is 4.45. The van der Waals surface area contributed by atoms with E-state index in [4.69, 9.17) is 11.6 Å². The minimum atomic E-state index is -0.389. The summed E-state index contributed by atoms with van der Waals surface area (Å²) in [5.74, 6) is -0.689. The molecule has 0 bridgehead atoms. The predicted octanol–water partition coefficient (Wildman–Crippen LogP) is 2.85. The number of carbonyl (C=O) groups is 3. The predicted molar refractivity (Wildman–Crippen MR) is 113 cm³/mol. The van der Waals surface area contributed by atoms with E-state index in [1.807, 2.05) is 0 Å². The minimum absolute atomic E-state index is 0.00963. The molecule has 30 heavy (non-hydrogen) atoms. The molecule has 2 fully saturated rings. The van der Waals surface area contributed by atoms with Crippen LogP contribution in [0.25, 0.3) is 0 Å². The van der Waals surface area contributed by atoms with E-state index in [-0.39, 0.29) is 53.8 Å². The highest BCUT2D eigenvalue weighted by atomic mass is 35.5. The van der Waals surface area contributed by atoms with E-state index in [0.29, 0.717) is 18.7 Å². The number of hydrogen-bond donors (Lipinski definition) is 2. The first kappa shape index (κ1) is 22.5. The van der Waals surface area contributed by atoms with Crippen molar-refractivity contribution in [2.45, 2.75) is 57.0 Å². The van der Waals surface area contributed by atoms with Gasteiger partial charge in [-0.15, -0.1) is 11.6 Å². The molecule has 3 rings (SSSR count). The van der Waals surface area contributed by atoms with Crippen molar-refractivity contribution >= 4 is 29.3 Å². The van der Waals surface area contributed by atoms with Gasteiger partial charge in [0, 0.05) is 43.0 Å². The fourth-order valence-electron chi connectivity index (χ4n) is 4.29. The molecule has 2 N–H and O–H groups in total. The second kappa shape index (κ2) is 10.8. The quantitative estimate of drug-likeness (QED) is 0.672. The van der Waals surface area contributed by atoms with E-state index < -0.39 is 0 Å². The molecular formula is C22H29ClFN3O3. The highest BCUT2D eigenvalue weighted by molar-refractivity contribution is 6.18. The molecule has 3 amide bonds. The highest BCUT2D eigenvalue weighted by Gasteiger charge is 2.33. The van der Waals surface area contributed by atoms with Crippen molar-refractivity contribution in [1.29, 1.82) is 0 Å². The number of nitrogens with zero attached hydrogens (tertiary/aromatic N) is 1. The molecule has 1 aromatic rings. The van der Waals surface area contributed by atoms with Crippen LogP contribution in [0.1, 0.15) is 55.3 Å². The number of nitrogens with one attached hydrogen (secondary N) is 2. The van der Waals surface area contributed by atoms with E-state index >= 15 is 0 Å². The van der Waals surface area contributed by atoms with Crippen LogP contribution in [0, 0.1) is 11.7 Å². The van der Waals surface area contributed by atoms with Gasteiger partial charge in [0.15, 0.2) is 0 Å². The molecule has 6 nitrogen and oxygen atoms in total. The average molecular weight is 438 g/mol. The standard InChI is InChI=1S/C22H29ClFN3O3/c23-12-11-20(28)27-13-3-4-16(14-27)22(30)26-19-6-2-1-5-18(19)25-21(29)15-7-9-17(24)10-8-15/h7-10,16,18-19H,1-6,11-14H2,(H,25,29)(H,26,30)/t16?,18-,19?/m1/s1. The maximum absolute atomic E-state index is 13.1. The van der Waals surface area contributed by atoms with E-state index in [1.165, 1.54) is 24.3 Å². The zero-order chi connectivity index (χ0) is 21.5. The van der Waals surface area contributed by atoms with E-state index in [0.717, 1.165) is 38.5 Å². The number of amides is 3. The van der Waals surface area contributed by atoms with Crippen LogP contribution in [-0.4, -0.2) is 53.7 Å². The van der Waals surface area contributed by atoms with Crippen LogP contribution in [-0.2, 0) is 9.59 Å². The van der Waals surface area contributed by atoms with Gasteiger partial charge in [-0.25, -0.2) is 4.39 Å². The summed E-state index contributed by atoms with van der Waals surface area (Å²) < 4.78 is 13.1. The van der Waals surface area contributed by atoms with Crippen LogP contribution in [0.4, 0.5) is 4.39 Å². The van der Waals surface area contributed by atoms with Crippen LogP contribution in [0.2, 0.25) is 0 Å². The summed E-state index contributed by atoms with van der Waals surface area (Å²) in [6.07, 6.45) is 5.36. The Labute approximate surface area is 181 Å². The Morgan fingerprint density at radius 1 is 1.00 bits per heavy atom. The Kier molecular flexibility index (Phi) is 8.08. The summed E-state index contributed by atoms with van der Waals surface area (Å²) >= 11 is 5.67. The maximum Gasteiger partial charge on any atom is 0.251 e. The monoisotopic (exact) mass is 437 g/mol. The molecule has 1 heterocycles. The summed E-state index contributed by atoms with van der Waals surface area (Å²) in [5.41, 5.74) is 0.396. The van der Waals surface area contributed by atoms with Gasteiger partial charge in [0.05, 0.1) is 5.92 Å². The van der Waals surface area contributed by atoms with Gasteiger partial charge >= 0.3 is 0 Å². The summed E-state index contributed by atoms with van der Waals surface area (Å²) in [4.78, 5) is 39.3. The lowest BCUT2D eigenvalue weighted by atomic mass is 9.88. The van der Waals surface area contributed by atoms with Gasteiger partial charge < -0.3 is 15.5 Å². The molecule has 2 unspecified atom stereocenters. The molecule has 3 atom stereocenters. The van der Waals surface area contributed by atoms with Gasteiger partial charge in [0.25, 0.3) is 5.91 Å². The second-order valence-electron chi connectivity index (χ2n) is 8.10. The van der Waals surface area contributed by atoms with Gasteiger partial charge in [-0.3, -0.25) is 14.4 Å².